The quantitative estimate of drug-likeness (QED) is 0.763. The van der Waals surface area contributed by atoms with Gasteiger partial charge in [0.25, 0.3) is 5.91 Å². The molecule has 8 heteroatoms. The zero-order chi connectivity index (χ0) is 17.5. The molecular formula is C17H25N7O. The number of rotatable bonds is 7. The molecule has 1 fully saturated rings. The summed E-state index contributed by atoms with van der Waals surface area (Å²) in [5.74, 6) is -0.214. The van der Waals surface area contributed by atoms with Gasteiger partial charge in [-0.15, -0.1) is 5.10 Å². The van der Waals surface area contributed by atoms with Crippen molar-refractivity contribution < 1.29 is 4.79 Å². The Kier molecular flexibility index (Phi) is 6.08. The van der Waals surface area contributed by atoms with Gasteiger partial charge in [0.2, 0.25) is 0 Å². The van der Waals surface area contributed by atoms with E-state index in [1.165, 1.54) is 19.3 Å². The molecule has 3 N–H and O–H groups in total. The van der Waals surface area contributed by atoms with Gasteiger partial charge in [0.1, 0.15) is 0 Å². The summed E-state index contributed by atoms with van der Waals surface area (Å²) >= 11 is 0. The first-order valence-electron chi connectivity index (χ1n) is 8.80. The van der Waals surface area contributed by atoms with Gasteiger partial charge in [-0.1, -0.05) is 17.7 Å². The molecule has 0 spiro atoms. The largest absolute Gasteiger partial charge is 0.349 e. The van der Waals surface area contributed by atoms with Crippen molar-refractivity contribution in [2.75, 3.05) is 26.2 Å². The average Bonchev–Trinajstić information content (AvgIpc) is 3.13. The lowest BCUT2D eigenvalue weighted by atomic mass is 10.0. The van der Waals surface area contributed by atoms with Crippen molar-refractivity contribution in [3.05, 3.63) is 42.0 Å². The van der Waals surface area contributed by atoms with Crippen LogP contribution >= 0.6 is 0 Å². The van der Waals surface area contributed by atoms with Crippen LogP contribution in [0.1, 0.15) is 41.4 Å². The lowest BCUT2D eigenvalue weighted by Gasteiger charge is -2.34. The Morgan fingerprint density at radius 2 is 2.16 bits per heavy atom. The Bertz CT molecular complexity index is 667. The van der Waals surface area contributed by atoms with Crippen molar-refractivity contribution in [1.29, 1.82) is 0 Å². The summed E-state index contributed by atoms with van der Waals surface area (Å²) in [7, 11) is 0. The highest BCUT2D eigenvalue weighted by Crippen LogP contribution is 2.23. The van der Waals surface area contributed by atoms with E-state index in [4.69, 9.17) is 5.73 Å². The van der Waals surface area contributed by atoms with Gasteiger partial charge in [-0.2, -0.15) is 0 Å². The van der Waals surface area contributed by atoms with E-state index in [0.29, 0.717) is 25.3 Å². The summed E-state index contributed by atoms with van der Waals surface area (Å²) in [5.41, 5.74) is 6.93. The van der Waals surface area contributed by atoms with Gasteiger partial charge < -0.3 is 11.1 Å². The van der Waals surface area contributed by atoms with Crippen LogP contribution in [0.5, 0.6) is 0 Å². The highest BCUT2D eigenvalue weighted by molar-refractivity contribution is 5.91. The minimum Gasteiger partial charge on any atom is -0.349 e. The SMILES string of the molecule is NCCn1cc(C(=O)NCC(c2cccnc2)N2CCCCC2)nn1. The van der Waals surface area contributed by atoms with Crippen LogP contribution in [0.15, 0.2) is 30.7 Å². The van der Waals surface area contributed by atoms with Crippen LogP contribution in [-0.2, 0) is 6.54 Å². The highest BCUT2D eigenvalue weighted by atomic mass is 16.2. The van der Waals surface area contributed by atoms with Crippen LogP contribution < -0.4 is 11.1 Å². The molecule has 3 rings (SSSR count). The maximum absolute atomic E-state index is 12.4. The summed E-state index contributed by atoms with van der Waals surface area (Å²) < 4.78 is 1.58. The van der Waals surface area contributed by atoms with E-state index in [0.717, 1.165) is 18.7 Å². The predicted molar refractivity (Wildman–Crippen MR) is 93.8 cm³/mol. The normalized spacial score (nSPS) is 16.5. The first kappa shape index (κ1) is 17.5. The second-order valence-corrected chi connectivity index (χ2v) is 6.26. The fourth-order valence-electron chi connectivity index (χ4n) is 3.18. The van der Waals surface area contributed by atoms with Crippen molar-refractivity contribution in [3.63, 3.8) is 0 Å². The number of hydrogen-bond acceptors (Lipinski definition) is 6. The van der Waals surface area contributed by atoms with E-state index in [-0.39, 0.29) is 11.9 Å². The number of carbonyl (C=O) groups excluding carboxylic acids is 1. The molecule has 1 aliphatic rings. The number of likely N-dealkylation sites (tertiary alicyclic amines) is 1. The molecule has 1 atom stereocenters. The molecule has 1 aliphatic heterocycles. The van der Waals surface area contributed by atoms with Crippen molar-refractivity contribution in [1.82, 2.24) is 30.2 Å². The van der Waals surface area contributed by atoms with E-state index in [1.54, 1.807) is 17.1 Å². The number of aromatic nitrogens is 4. The molecule has 1 saturated heterocycles. The molecule has 25 heavy (non-hydrogen) atoms. The number of carbonyl (C=O) groups is 1. The third-order valence-electron chi connectivity index (χ3n) is 4.49. The van der Waals surface area contributed by atoms with Crippen LogP contribution in [0.3, 0.4) is 0 Å². The van der Waals surface area contributed by atoms with Gasteiger partial charge in [-0.05, 0) is 37.6 Å². The van der Waals surface area contributed by atoms with Gasteiger partial charge in [-0.25, -0.2) is 0 Å². The van der Waals surface area contributed by atoms with Crippen LogP contribution in [0, 0.1) is 0 Å². The van der Waals surface area contributed by atoms with E-state index in [9.17, 15) is 4.79 Å². The van der Waals surface area contributed by atoms with Crippen molar-refractivity contribution >= 4 is 5.91 Å². The van der Waals surface area contributed by atoms with Gasteiger partial charge in [-0.3, -0.25) is 19.4 Å². The summed E-state index contributed by atoms with van der Waals surface area (Å²) in [6.07, 6.45) is 8.93. The first-order chi connectivity index (χ1) is 12.3. The molecule has 134 valence electrons. The minimum atomic E-state index is -0.214. The summed E-state index contributed by atoms with van der Waals surface area (Å²) in [4.78, 5) is 19.0. The Labute approximate surface area is 147 Å². The molecule has 0 aliphatic carbocycles. The molecule has 0 aromatic carbocycles. The molecule has 8 nitrogen and oxygen atoms in total. The monoisotopic (exact) mass is 343 g/mol. The van der Waals surface area contributed by atoms with Gasteiger partial charge in [0.15, 0.2) is 5.69 Å². The number of nitrogens with one attached hydrogen (secondary N) is 1. The van der Waals surface area contributed by atoms with Crippen LogP contribution in [0.25, 0.3) is 0 Å². The maximum Gasteiger partial charge on any atom is 0.273 e. The molecule has 0 radical (unpaired) electrons. The van der Waals surface area contributed by atoms with Crippen LogP contribution in [-0.4, -0.2) is 57.0 Å². The van der Waals surface area contributed by atoms with E-state index >= 15 is 0 Å². The standard InChI is InChI=1S/C17H25N7O/c18-6-10-24-13-15(21-22-24)17(25)20-12-16(14-5-4-7-19-11-14)23-8-2-1-3-9-23/h4-5,7,11,13,16H,1-3,6,8-10,12,18H2,(H,20,25). The van der Waals surface area contributed by atoms with Crippen molar-refractivity contribution in [2.24, 2.45) is 5.73 Å². The Morgan fingerprint density at radius 1 is 1.32 bits per heavy atom. The number of nitrogens with zero attached hydrogens (tertiary/aromatic N) is 5. The highest BCUT2D eigenvalue weighted by Gasteiger charge is 2.23. The lowest BCUT2D eigenvalue weighted by Crippen LogP contribution is -2.40. The van der Waals surface area contributed by atoms with Crippen molar-refractivity contribution in [3.8, 4) is 0 Å². The number of amides is 1. The third kappa shape index (κ3) is 4.61. The third-order valence-corrected chi connectivity index (χ3v) is 4.49. The van der Waals surface area contributed by atoms with E-state index in [1.807, 2.05) is 12.3 Å². The number of pyridine rings is 1. The molecule has 0 saturated carbocycles. The fourth-order valence-corrected chi connectivity index (χ4v) is 3.18. The van der Waals surface area contributed by atoms with E-state index < -0.39 is 0 Å². The average molecular weight is 343 g/mol. The molecule has 1 unspecified atom stereocenters. The molecule has 2 aromatic heterocycles. The Hall–Kier alpha value is -2.32. The molecule has 1 amide bonds. The van der Waals surface area contributed by atoms with Gasteiger partial charge in [0, 0.05) is 25.5 Å². The van der Waals surface area contributed by atoms with Gasteiger partial charge >= 0.3 is 0 Å². The zero-order valence-corrected chi connectivity index (χ0v) is 14.3. The van der Waals surface area contributed by atoms with Gasteiger partial charge in [0.05, 0.1) is 18.8 Å². The lowest BCUT2D eigenvalue weighted by molar-refractivity contribution is 0.0919. The summed E-state index contributed by atoms with van der Waals surface area (Å²) in [6, 6.07) is 4.12. The van der Waals surface area contributed by atoms with Crippen LogP contribution in [0.2, 0.25) is 0 Å². The molecule has 2 aromatic rings. The van der Waals surface area contributed by atoms with Crippen molar-refractivity contribution in [2.45, 2.75) is 31.8 Å². The molecular weight excluding hydrogens is 318 g/mol. The second kappa shape index (κ2) is 8.68. The maximum atomic E-state index is 12.4. The first-order valence-corrected chi connectivity index (χ1v) is 8.80. The molecule has 3 heterocycles. The van der Waals surface area contributed by atoms with E-state index in [2.05, 4.69) is 31.6 Å². The number of nitrogens with two attached hydrogens (primary N) is 1. The predicted octanol–water partition coefficient (Wildman–Crippen LogP) is 0.589. The summed E-state index contributed by atoms with van der Waals surface area (Å²) in [6.45, 7) is 3.62. The fraction of sp³-hybridized carbons (Fsp3) is 0.529. The second-order valence-electron chi connectivity index (χ2n) is 6.26. The zero-order valence-electron chi connectivity index (χ0n) is 14.3. The smallest absolute Gasteiger partial charge is 0.273 e. The topological polar surface area (TPSA) is 102 Å². The Balaban J connectivity index is 1.66. The Morgan fingerprint density at radius 3 is 2.88 bits per heavy atom. The minimum absolute atomic E-state index is 0.122. The molecule has 0 bridgehead atoms. The van der Waals surface area contributed by atoms with Crippen LogP contribution in [0.4, 0.5) is 0 Å². The number of piperidine rings is 1. The number of hydrogen-bond donors (Lipinski definition) is 2. The summed E-state index contributed by atoms with van der Waals surface area (Å²) in [5, 5.41) is 10.8.